The van der Waals surface area contributed by atoms with Crippen molar-refractivity contribution < 1.29 is 9.18 Å². The third-order valence-electron chi connectivity index (χ3n) is 3.94. The topological polar surface area (TPSA) is 46.3 Å². The average molecular weight is 264 g/mol. The summed E-state index contributed by atoms with van der Waals surface area (Å²) in [5, 5.41) is 0. The average Bonchev–Trinajstić information content (AvgIpc) is 2.69. The minimum atomic E-state index is -0.478. The minimum absolute atomic E-state index is 0.0279. The van der Waals surface area contributed by atoms with E-state index < -0.39 is 5.82 Å². The van der Waals surface area contributed by atoms with Gasteiger partial charge in [0.1, 0.15) is 5.82 Å². The summed E-state index contributed by atoms with van der Waals surface area (Å²) < 4.78 is 13.1. The number of hydrogen-bond donors (Lipinski definition) is 1. The van der Waals surface area contributed by atoms with Crippen LogP contribution in [0.15, 0.2) is 18.2 Å². The molecule has 0 bridgehead atoms. The molecule has 0 spiro atoms. The summed E-state index contributed by atoms with van der Waals surface area (Å²) in [7, 11) is 1.83. The van der Waals surface area contributed by atoms with E-state index in [-0.39, 0.29) is 11.6 Å². The zero-order chi connectivity index (χ0) is 13.8. The number of benzene rings is 1. The fourth-order valence-corrected chi connectivity index (χ4v) is 2.69. The van der Waals surface area contributed by atoms with Crippen molar-refractivity contribution in [3.05, 3.63) is 29.6 Å². The number of anilines is 1. The number of amides is 1. The fraction of sp³-hybridized carbons (Fsp3) is 0.533. The fourth-order valence-electron chi connectivity index (χ4n) is 2.69. The predicted octanol–water partition coefficient (Wildman–Crippen LogP) is 3.20. The van der Waals surface area contributed by atoms with E-state index in [1.165, 1.54) is 43.9 Å². The van der Waals surface area contributed by atoms with Crippen molar-refractivity contribution in [3.8, 4) is 0 Å². The van der Waals surface area contributed by atoms with Gasteiger partial charge < -0.3 is 10.6 Å². The Hall–Kier alpha value is -1.58. The number of nitrogens with zero attached hydrogens (tertiary/aromatic N) is 1. The van der Waals surface area contributed by atoms with Crippen molar-refractivity contribution in [2.24, 2.45) is 0 Å². The van der Waals surface area contributed by atoms with Gasteiger partial charge in [0, 0.05) is 18.7 Å². The molecule has 0 saturated heterocycles. The van der Waals surface area contributed by atoms with Crippen LogP contribution >= 0.6 is 0 Å². The number of halogens is 1. The van der Waals surface area contributed by atoms with Gasteiger partial charge in [0.2, 0.25) is 0 Å². The molecule has 0 aliphatic heterocycles. The molecule has 0 unspecified atom stereocenters. The molecule has 1 fully saturated rings. The van der Waals surface area contributed by atoms with Gasteiger partial charge in [-0.1, -0.05) is 25.7 Å². The third kappa shape index (κ3) is 3.25. The molecule has 4 heteroatoms. The molecule has 1 aliphatic rings. The van der Waals surface area contributed by atoms with Gasteiger partial charge in [-0.3, -0.25) is 4.79 Å². The molecule has 0 atom stereocenters. The van der Waals surface area contributed by atoms with E-state index in [4.69, 9.17) is 5.73 Å². The molecular formula is C15H21FN2O. The maximum Gasteiger partial charge on any atom is 0.253 e. The normalized spacial score (nSPS) is 16.9. The van der Waals surface area contributed by atoms with Gasteiger partial charge in [-0.05, 0) is 31.0 Å². The lowest BCUT2D eigenvalue weighted by Gasteiger charge is -2.27. The lowest BCUT2D eigenvalue weighted by molar-refractivity contribution is 0.0717. The Labute approximate surface area is 113 Å². The molecule has 3 nitrogen and oxygen atoms in total. The second kappa shape index (κ2) is 6.04. The molecule has 0 heterocycles. The van der Waals surface area contributed by atoms with Crippen molar-refractivity contribution in [2.45, 2.75) is 44.6 Å². The van der Waals surface area contributed by atoms with Crippen molar-refractivity contribution in [1.82, 2.24) is 4.90 Å². The van der Waals surface area contributed by atoms with Crippen LogP contribution in [0.3, 0.4) is 0 Å². The van der Waals surface area contributed by atoms with E-state index in [2.05, 4.69) is 0 Å². The van der Waals surface area contributed by atoms with Crippen LogP contribution in [0.2, 0.25) is 0 Å². The van der Waals surface area contributed by atoms with Gasteiger partial charge in [0.15, 0.2) is 0 Å². The SMILES string of the molecule is CN(C(=O)c1ccc(F)c(N)c1)C1CCCCCC1. The van der Waals surface area contributed by atoms with Crippen LogP contribution in [-0.4, -0.2) is 23.9 Å². The van der Waals surface area contributed by atoms with Crippen LogP contribution in [0.25, 0.3) is 0 Å². The number of rotatable bonds is 2. The number of hydrogen-bond acceptors (Lipinski definition) is 2. The lowest BCUT2D eigenvalue weighted by Crippen LogP contribution is -2.36. The largest absolute Gasteiger partial charge is 0.396 e. The van der Waals surface area contributed by atoms with E-state index >= 15 is 0 Å². The molecule has 0 radical (unpaired) electrons. The molecule has 1 aromatic rings. The van der Waals surface area contributed by atoms with Crippen LogP contribution < -0.4 is 5.73 Å². The molecule has 104 valence electrons. The summed E-state index contributed by atoms with van der Waals surface area (Å²) >= 11 is 0. The minimum Gasteiger partial charge on any atom is -0.396 e. The van der Waals surface area contributed by atoms with Crippen LogP contribution in [0.4, 0.5) is 10.1 Å². The van der Waals surface area contributed by atoms with Crippen molar-refractivity contribution in [3.63, 3.8) is 0 Å². The second-order valence-electron chi connectivity index (χ2n) is 5.30. The van der Waals surface area contributed by atoms with E-state index in [1.807, 2.05) is 7.05 Å². The number of nitrogen functional groups attached to an aromatic ring is 1. The molecule has 2 rings (SSSR count). The Kier molecular flexibility index (Phi) is 4.40. The highest BCUT2D eigenvalue weighted by atomic mass is 19.1. The standard InChI is InChI=1S/C15H21FN2O/c1-18(12-6-4-2-3-5-7-12)15(19)11-8-9-13(16)14(17)10-11/h8-10,12H,2-7,17H2,1H3. The summed E-state index contributed by atoms with van der Waals surface area (Å²) in [6.45, 7) is 0. The van der Waals surface area contributed by atoms with E-state index in [0.717, 1.165) is 12.8 Å². The molecule has 19 heavy (non-hydrogen) atoms. The van der Waals surface area contributed by atoms with Crippen LogP contribution in [-0.2, 0) is 0 Å². The molecular weight excluding hydrogens is 243 g/mol. The maximum absolute atomic E-state index is 13.1. The van der Waals surface area contributed by atoms with Gasteiger partial charge in [-0.25, -0.2) is 4.39 Å². The second-order valence-corrected chi connectivity index (χ2v) is 5.30. The van der Waals surface area contributed by atoms with E-state index in [0.29, 0.717) is 11.6 Å². The highest BCUT2D eigenvalue weighted by Gasteiger charge is 2.22. The highest BCUT2D eigenvalue weighted by Crippen LogP contribution is 2.23. The van der Waals surface area contributed by atoms with Gasteiger partial charge in [-0.15, -0.1) is 0 Å². The van der Waals surface area contributed by atoms with Gasteiger partial charge in [0.25, 0.3) is 5.91 Å². The van der Waals surface area contributed by atoms with Crippen LogP contribution in [0, 0.1) is 5.82 Å². The quantitative estimate of drug-likeness (QED) is 0.658. The van der Waals surface area contributed by atoms with Gasteiger partial charge >= 0.3 is 0 Å². The zero-order valence-corrected chi connectivity index (χ0v) is 11.4. The Morgan fingerprint density at radius 1 is 1.26 bits per heavy atom. The highest BCUT2D eigenvalue weighted by molar-refractivity contribution is 5.95. The molecule has 2 N–H and O–H groups in total. The van der Waals surface area contributed by atoms with Crippen molar-refractivity contribution in [2.75, 3.05) is 12.8 Å². The first-order chi connectivity index (χ1) is 9.09. The monoisotopic (exact) mass is 264 g/mol. The summed E-state index contributed by atoms with van der Waals surface area (Å²) in [5.74, 6) is -0.549. The summed E-state index contributed by atoms with van der Waals surface area (Å²) in [5.41, 5.74) is 6.01. The molecule has 1 amide bonds. The van der Waals surface area contributed by atoms with Crippen molar-refractivity contribution >= 4 is 11.6 Å². The number of carbonyl (C=O) groups excluding carboxylic acids is 1. The summed E-state index contributed by atoms with van der Waals surface area (Å²) in [4.78, 5) is 14.2. The summed E-state index contributed by atoms with van der Waals surface area (Å²) in [6.07, 6.45) is 6.96. The van der Waals surface area contributed by atoms with Crippen LogP contribution in [0.1, 0.15) is 48.9 Å². The number of nitrogens with two attached hydrogens (primary N) is 1. The first kappa shape index (κ1) is 13.8. The van der Waals surface area contributed by atoms with Gasteiger partial charge in [-0.2, -0.15) is 0 Å². The van der Waals surface area contributed by atoms with Gasteiger partial charge in [0.05, 0.1) is 5.69 Å². The Balaban J connectivity index is 2.10. The Bertz CT molecular complexity index is 453. The lowest BCUT2D eigenvalue weighted by atomic mass is 10.1. The van der Waals surface area contributed by atoms with E-state index in [1.54, 1.807) is 4.90 Å². The molecule has 1 aliphatic carbocycles. The Morgan fingerprint density at radius 2 is 1.89 bits per heavy atom. The summed E-state index contributed by atoms with van der Waals surface area (Å²) in [6, 6.07) is 4.47. The smallest absolute Gasteiger partial charge is 0.253 e. The third-order valence-corrected chi connectivity index (χ3v) is 3.94. The Morgan fingerprint density at radius 3 is 2.47 bits per heavy atom. The predicted molar refractivity (Wildman–Crippen MR) is 74.4 cm³/mol. The first-order valence-corrected chi connectivity index (χ1v) is 6.92. The molecule has 1 saturated carbocycles. The zero-order valence-electron chi connectivity index (χ0n) is 11.4. The maximum atomic E-state index is 13.1. The first-order valence-electron chi connectivity index (χ1n) is 6.92. The molecule has 1 aromatic carbocycles. The van der Waals surface area contributed by atoms with E-state index in [9.17, 15) is 9.18 Å². The number of carbonyl (C=O) groups is 1. The van der Waals surface area contributed by atoms with Crippen LogP contribution in [0.5, 0.6) is 0 Å². The molecule has 0 aromatic heterocycles. The van der Waals surface area contributed by atoms with Crippen molar-refractivity contribution in [1.29, 1.82) is 0 Å².